The van der Waals surface area contributed by atoms with E-state index in [1.54, 1.807) is 67.4 Å². The third-order valence-electron chi connectivity index (χ3n) is 17.8. The van der Waals surface area contributed by atoms with E-state index in [-0.39, 0.29) is 5.56 Å². The van der Waals surface area contributed by atoms with Gasteiger partial charge in [-0.1, -0.05) is 182 Å². The number of hydrogen-bond acceptors (Lipinski definition) is 8. The highest BCUT2D eigenvalue weighted by atomic mass is 79.9. The number of allylic oxidation sites excluding steroid dienone is 6. The summed E-state index contributed by atoms with van der Waals surface area (Å²) < 4.78 is 42.6. The molecule has 1 aliphatic rings. The van der Waals surface area contributed by atoms with E-state index < -0.39 is 41.5 Å². The molecule has 101 heavy (non-hydrogen) atoms. The number of fused-ring (bicyclic) bond motifs is 3. The van der Waals surface area contributed by atoms with E-state index in [0.717, 1.165) is 119 Å². The van der Waals surface area contributed by atoms with Crippen LogP contribution in [0.25, 0.3) is 33.1 Å². The Labute approximate surface area is 620 Å². The minimum Gasteiger partial charge on any atom is -0.383 e. The van der Waals surface area contributed by atoms with E-state index in [2.05, 4.69) is 150 Å². The van der Waals surface area contributed by atoms with Crippen molar-refractivity contribution in [3.8, 4) is 0 Å². The van der Waals surface area contributed by atoms with Crippen LogP contribution < -0.4 is 0 Å². The molecule has 2 aromatic carbocycles. The second-order valence-electron chi connectivity index (χ2n) is 27.0. The number of pyridine rings is 6. The van der Waals surface area contributed by atoms with Crippen LogP contribution in [0.4, 0.5) is 13.2 Å². The van der Waals surface area contributed by atoms with E-state index in [9.17, 15) is 23.1 Å². The number of benzene rings is 2. The number of aliphatic hydroxyl groups is 1. The Morgan fingerprint density at radius 2 is 0.941 bits per heavy atom. The van der Waals surface area contributed by atoms with Crippen LogP contribution in [0.1, 0.15) is 156 Å². The zero-order valence-electron chi connectivity index (χ0n) is 59.7. The Morgan fingerprint density at radius 3 is 1.44 bits per heavy atom. The van der Waals surface area contributed by atoms with E-state index in [0.29, 0.717) is 74.7 Å². The van der Waals surface area contributed by atoms with Crippen molar-refractivity contribution in [3.63, 3.8) is 0 Å². The topological polar surface area (TPSA) is 162 Å². The second kappa shape index (κ2) is 40.2. The van der Waals surface area contributed by atoms with Gasteiger partial charge in [-0.05, 0) is 144 Å². The van der Waals surface area contributed by atoms with Crippen molar-refractivity contribution in [2.45, 2.75) is 167 Å². The Morgan fingerprint density at radius 1 is 0.485 bits per heavy atom. The summed E-state index contributed by atoms with van der Waals surface area (Å²) in [6.07, 6.45) is 22.8. The predicted molar refractivity (Wildman–Crippen MR) is 422 cm³/mol. The van der Waals surface area contributed by atoms with Gasteiger partial charge in [-0.15, -0.1) is 0 Å². The molecule has 11 nitrogen and oxygen atoms in total. The molecule has 0 radical (unpaired) electrons. The van der Waals surface area contributed by atoms with E-state index in [4.69, 9.17) is 34.8 Å². The predicted octanol–water partition coefficient (Wildman–Crippen LogP) is 22.3. The van der Waals surface area contributed by atoms with Gasteiger partial charge in [0.15, 0.2) is 11.3 Å². The molecule has 1 aliphatic carbocycles. The fourth-order valence-corrected chi connectivity index (χ4v) is 23.6. The first-order valence-corrected chi connectivity index (χ1v) is 40.4. The Hall–Kier alpha value is -7.71. The molecule has 11 aromatic rings. The molecule has 0 aliphatic heterocycles. The maximum atomic E-state index is 14.6. The number of aromatic nitrogens is 9. The lowest BCUT2D eigenvalue weighted by Gasteiger charge is -2.26. The summed E-state index contributed by atoms with van der Waals surface area (Å²) in [4.78, 5) is 44.0. The molecule has 1 atom stereocenters. The monoisotopic (exact) mass is 1520 g/mol. The van der Waals surface area contributed by atoms with Crippen LogP contribution in [-0.4, -0.2) is 73.8 Å². The molecule has 0 saturated heterocycles. The maximum absolute atomic E-state index is 14.6. The van der Waals surface area contributed by atoms with Crippen LogP contribution in [0.5, 0.6) is 0 Å². The van der Waals surface area contributed by atoms with Gasteiger partial charge >= 0.3 is 0 Å². The van der Waals surface area contributed by atoms with Gasteiger partial charge in [0, 0.05) is 151 Å². The molecule has 0 fully saturated rings. The van der Waals surface area contributed by atoms with E-state index in [1.807, 2.05) is 109 Å². The lowest BCUT2D eigenvalue weighted by Crippen LogP contribution is -2.24. The largest absolute Gasteiger partial charge is 0.383 e. The molecule has 0 spiro atoms. The molecule has 12 rings (SSSR count). The summed E-state index contributed by atoms with van der Waals surface area (Å²) in [6, 6.07) is 36.9. The molecule has 0 amide bonds. The van der Waals surface area contributed by atoms with Crippen molar-refractivity contribution in [2.75, 3.05) is 0 Å². The Bertz CT molecular complexity index is 4470. The maximum Gasteiger partial charge on any atom is 0.227 e. The number of aldehydes is 1. The minimum absolute atomic E-state index is 0.140. The first-order valence-electron chi connectivity index (χ1n) is 34.4. The van der Waals surface area contributed by atoms with Gasteiger partial charge in [0.05, 0.1) is 16.1 Å². The van der Waals surface area contributed by atoms with E-state index >= 15 is 0 Å². The average Bonchev–Trinajstić information content (AvgIpc) is 1.68. The van der Waals surface area contributed by atoms with Crippen molar-refractivity contribution >= 4 is 108 Å². The van der Waals surface area contributed by atoms with E-state index in [1.165, 1.54) is 0 Å². The van der Waals surface area contributed by atoms with Crippen LogP contribution in [-0.2, 0) is 38.5 Å². The number of aromatic amines is 3. The summed E-state index contributed by atoms with van der Waals surface area (Å²) in [5.74, 6) is -1.56. The highest BCUT2D eigenvalue weighted by Gasteiger charge is 2.24. The van der Waals surface area contributed by atoms with Crippen molar-refractivity contribution in [2.24, 2.45) is 0 Å². The average molecular weight is 1520 g/mol. The minimum atomic E-state index is -1.12. The number of H-pyrrole nitrogens is 3. The summed E-state index contributed by atoms with van der Waals surface area (Å²) >= 11 is 21.4. The van der Waals surface area contributed by atoms with Crippen molar-refractivity contribution in [1.29, 1.82) is 0 Å². The van der Waals surface area contributed by atoms with Gasteiger partial charge in [-0.2, -0.15) is 13.2 Å². The molecular formula is C81H93BrCl3F3N9O2Si2+. The highest BCUT2D eigenvalue weighted by Crippen LogP contribution is 2.33. The number of hydrogen-bond donors (Lipinski definition) is 4. The van der Waals surface area contributed by atoms with Gasteiger partial charge in [0.25, 0.3) is 0 Å². The van der Waals surface area contributed by atoms with Gasteiger partial charge < -0.3 is 20.1 Å². The first-order chi connectivity index (χ1) is 48.3. The third kappa shape index (κ3) is 23.9. The molecule has 4 N–H and O–H groups in total. The summed E-state index contributed by atoms with van der Waals surface area (Å²) in [5, 5.41) is 15.4. The van der Waals surface area contributed by atoms with Gasteiger partial charge in [0.2, 0.25) is 17.8 Å². The highest BCUT2D eigenvalue weighted by molar-refractivity contribution is 9.10. The van der Waals surface area contributed by atoms with Crippen LogP contribution in [0.15, 0.2) is 192 Å². The Kier molecular flexibility index (Phi) is 32.1. The molecule has 530 valence electrons. The smallest absolute Gasteiger partial charge is 0.227 e. The molecular weight excluding hydrogens is 1430 g/mol. The summed E-state index contributed by atoms with van der Waals surface area (Å²) in [7, 11) is -0.907. The number of rotatable bonds is 20. The molecule has 0 saturated carbocycles. The number of carbonyl (C=O) groups excluding carboxylic acids is 1. The number of halogens is 7. The lowest BCUT2D eigenvalue weighted by atomic mass is 10.0. The first kappa shape index (κ1) is 80.6. The zero-order chi connectivity index (χ0) is 73.3. The standard InChI is InChI=1S/C21H17ClFN3O.C21H17ClFN3.C13H9BrClFN.2C9H22Si.C8H6N2O/c22-18-6-2-1-4-13(18)7-8-14-9-10-16(20(23)26-14)19(27)17-12-25-21-15(17)5-3-11-24-21;22-19-6-2-1-4-14(19)7-9-17-10-8-15(20(23)26-17)12-16-13-25-21-18(16)5-3-11-24-21;14-11-8-7-10(17-13(11)16)6-5-9-3-1-2-4-12(9)15;2*1-7(2)10(8(3)4)9(5)6;11-5-6-4-10-8-7(6)2-1-3-9-8/h1-6,9-12,19,27H,7-8H2,(H,24,25);1-6,8,10-11,13H,7,9,12H2,(H,24,25);1,3-4,7-8H,5-6H2;2*7-10H,1-6H3;1-5H,(H,9,10)/q;;+1;;;. The SMILES string of the molecule is CC(C)[SiH](C(C)C)C(C)C.CC(C)[SiH](C(C)C)C(C)C.Fc1nc(CCC2=C(Cl)C=[C+]C=C2)ccc1Br.Fc1nc(CCc2ccccc2Cl)ccc1Cc1c[nH]c2ncccc12.O=Cc1c[nH]c2ncccc12.OC(c1ccc(CCc2ccccc2Cl)nc1F)c1c[nH]c2ncccc12. The molecule has 1 unspecified atom stereocenters. The van der Waals surface area contributed by atoms with Crippen molar-refractivity contribution in [1.82, 2.24) is 44.9 Å². The summed E-state index contributed by atoms with van der Waals surface area (Å²) in [5.41, 5.74) is 16.1. The molecule has 20 heteroatoms. The number of nitrogens with one attached hydrogen (secondary N) is 3. The van der Waals surface area contributed by atoms with Crippen LogP contribution in [0.3, 0.4) is 0 Å². The van der Waals surface area contributed by atoms with Crippen LogP contribution in [0.2, 0.25) is 43.3 Å². The molecule has 9 aromatic heterocycles. The lowest BCUT2D eigenvalue weighted by molar-refractivity contribution is 0.112. The number of aliphatic hydroxyl groups excluding tert-OH is 1. The fourth-order valence-electron chi connectivity index (χ4n) is 13.5. The summed E-state index contributed by atoms with van der Waals surface area (Å²) in [6.45, 7) is 28.6. The molecule has 0 bridgehead atoms. The van der Waals surface area contributed by atoms with Gasteiger partial charge in [-0.25, -0.2) is 29.9 Å². The second-order valence-corrected chi connectivity index (χ2v) is 39.4. The zero-order valence-corrected chi connectivity index (χ0v) is 65.8. The number of carbonyl (C=O) groups is 1. The van der Waals surface area contributed by atoms with Gasteiger partial charge in [0.1, 0.15) is 35.2 Å². The normalized spacial score (nSPS) is 12.2. The quantitative estimate of drug-likeness (QED) is 0.0254. The molecule has 9 heterocycles. The number of nitrogens with zero attached hydrogens (tertiary/aromatic N) is 6. The third-order valence-corrected chi connectivity index (χ3v) is 28.7. The fraction of sp³-hybridized carbons (Fsp3) is 0.321. The Balaban J connectivity index is 0.000000179. The van der Waals surface area contributed by atoms with Crippen LogP contribution >= 0.6 is 50.7 Å². The van der Waals surface area contributed by atoms with Crippen molar-refractivity contribution < 1.29 is 23.1 Å². The van der Waals surface area contributed by atoms with Crippen molar-refractivity contribution in [3.05, 3.63) is 282 Å². The number of aryl methyl sites for hydroxylation is 5. The van der Waals surface area contributed by atoms with Gasteiger partial charge in [-0.3, -0.25) is 4.79 Å². The van der Waals surface area contributed by atoms with Crippen LogP contribution in [0, 0.1) is 23.9 Å².